The Morgan fingerprint density at radius 3 is 1.65 bits per heavy atom. The van der Waals surface area contributed by atoms with Crippen LogP contribution in [0.5, 0.6) is 11.5 Å². The van der Waals surface area contributed by atoms with Gasteiger partial charge in [0.15, 0.2) is 0 Å². The Morgan fingerprint density at radius 2 is 1.23 bits per heavy atom. The zero-order valence-electron chi connectivity index (χ0n) is 31.6. The zero-order chi connectivity index (χ0) is 34.6. The van der Waals surface area contributed by atoms with Gasteiger partial charge >= 0.3 is 5.97 Å². The number of aryl methyl sites for hydroxylation is 2. The normalized spacial score (nSPS) is 12.8. The Morgan fingerprint density at radius 1 is 0.791 bits per heavy atom. The predicted octanol–water partition coefficient (Wildman–Crippen LogP) is 11.5. The fourth-order valence-electron chi connectivity index (χ4n) is 4.51. The highest BCUT2D eigenvalue weighted by atomic mass is 16.5. The molecule has 0 amide bonds. The SMILES string of the molecule is CC.CC.CC(C)C.CCC.CC[C@@H](N)Cc1cc(C)c(O)cc1[C@@H](C)[C@@H](C)C(C)c1cc(C)c(C)c(C)c1OC(C)=O. The molecule has 0 aliphatic rings. The van der Waals surface area contributed by atoms with Gasteiger partial charge in [-0.15, -0.1) is 0 Å². The van der Waals surface area contributed by atoms with Gasteiger partial charge in [0.25, 0.3) is 0 Å². The number of esters is 1. The van der Waals surface area contributed by atoms with Crippen LogP contribution in [0.1, 0.15) is 161 Å². The first-order chi connectivity index (χ1) is 20.0. The number of phenols is 1. The molecule has 0 heterocycles. The Bertz CT molecular complexity index is 1040. The van der Waals surface area contributed by atoms with Gasteiger partial charge in [0.05, 0.1) is 0 Å². The Hall–Kier alpha value is -2.33. The van der Waals surface area contributed by atoms with Crippen molar-refractivity contribution in [1.82, 2.24) is 0 Å². The van der Waals surface area contributed by atoms with Crippen molar-refractivity contribution in [3.63, 3.8) is 0 Å². The second-order valence-corrected chi connectivity index (χ2v) is 12.0. The molecule has 0 aliphatic carbocycles. The van der Waals surface area contributed by atoms with Gasteiger partial charge in [0.2, 0.25) is 0 Å². The molecule has 0 aromatic heterocycles. The van der Waals surface area contributed by atoms with Gasteiger partial charge in [0, 0.05) is 13.0 Å². The molecule has 0 spiro atoms. The summed E-state index contributed by atoms with van der Waals surface area (Å²) >= 11 is 0. The van der Waals surface area contributed by atoms with Crippen molar-refractivity contribution < 1.29 is 14.6 Å². The number of hydrogen-bond donors (Lipinski definition) is 2. The summed E-state index contributed by atoms with van der Waals surface area (Å²) in [4.78, 5) is 11.8. The summed E-state index contributed by atoms with van der Waals surface area (Å²) in [6.45, 7) is 37.1. The van der Waals surface area contributed by atoms with Crippen LogP contribution in [0.15, 0.2) is 18.2 Å². The molecule has 3 N–H and O–H groups in total. The topological polar surface area (TPSA) is 72.6 Å². The van der Waals surface area contributed by atoms with Crippen molar-refractivity contribution in [1.29, 1.82) is 0 Å². The molecule has 4 nitrogen and oxygen atoms in total. The summed E-state index contributed by atoms with van der Waals surface area (Å²) in [5.41, 5.74) is 13.9. The van der Waals surface area contributed by atoms with E-state index in [0.717, 1.165) is 46.6 Å². The van der Waals surface area contributed by atoms with Crippen LogP contribution >= 0.6 is 0 Å². The first kappa shape index (κ1) is 45.1. The molecular weight excluding hydrogens is 530 g/mol. The summed E-state index contributed by atoms with van der Waals surface area (Å²) < 4.78 is 5.70. The third-order valence-electron chi connectivity index (χ3n) is 7.40. The summed E-state index contributed by atoms with van der Waals surface area (Å²) in [6.07, 6.45) is 2.95. The summed E-state index contributed by atoms with van der Waals surface area (Å²) in [5.74, 6) is 2.11. The molecule has 0 radical (unpaired) electrons. The average molecular weight is 602 g/mol. The third kappa shape index (κ3) is 15.8. The lowest BCUT2D eigenvalue weighted by atomic mass is 9.75. The average Bonchev–Trinajstić information content (AvgIpc) is 2.95. The van der Waals surface area contributed by atoms with E-state index in [1.54, 1.807) is 0 Å². The summed E-state index contributed by atoms with van der Waals surface area (Å²) in [7, 11) is 0. The Balaban J connectivity index is -0.00000127. The fourth-order valence-corrected chi connectivity index (χ4v) is 4.51. The lowest BCUT2D eigenvalue weighted by Gasteiger charge is -2.31. The standard InChI is InChI=1S/C28H41NO3.C4H10.C3H8.2C2H6/c1-10-24(29)13-23-11-16(3)27(31)14-25(23)19(6)18(5)20(7)26-12-15(2)17(4)21(8)28(26)32-22(9)30;1-4(2)3;1-3-2;2*1-2/h11-12,14,18-20,24,31H,10,13,29H2,1-9H3;4H,1-3H3;3H2,1-2H3;2*1-2H3/t18-,19+,20?,24-;;;;/m1..../s1. The maximum absolute atomic E-state index is 11.8. The van der Waals surface area contributed by atoms with E-state index < -0.39 is 0 Å². The molecule has 0 aliphatic heterocycles. The van der Waals surface area contributed by atoms with Crippen molar-refractivity contribution >= 4 is 5.97 Å². The second kappa shape index (κ2) is 24.0. The number of nitrogens with two attached hydrogens (primary N) is 1. The van der Waals surface area contributed by atoms with E-state index in [9.17, 15) is 9.90 Å². The molecule has 2 rings (SSSR count). The van der Waals surface area contributed by atoms with Gasteiger partial charge in [-0.05, 0) is 109 Å². The van der Waals surface area contributed by atoms with Crippen molar-refractivity contribution in [3.05, 3.63) is 57.1 Å². The molecule has 250 valence electrons. The van der Waals surface area contributed by atoms with Crippen LogP contribution in [0, 0.1) is 39.5 Å². The minimum atomic E-state index is -0.301. The molecule has 4 heteroatoms. The number of carbonyl (C=O) groups excluding carboxylic acids is 1. The molecular formula is C39H71NO3. The number of phenolic OH excluding ortho intramolecular Hbond substituents is 1. The van der Waals surface area contributed by atoms with Crippen LogP contribution in [0.3, 0.4) is 0 Å². The van der Waals surface area contributed by atoms with E-state index in [1.807, 2.05) is 47.6 Å². The molecule has 2 aromatic rings. The van der Waals surface area contributed by atoms with Crippen molar-refractivity contribution in [2.75, 3.05) is 0 Å². The van der Waals surface area contributed by atoms with E-state index >= 15 is 0 Å². The van der Waals surface area contributed by atoms with Crippen LogP contribution in [0.25, 0.3) is 0 Å². The van der Waals surface area contributed by atoms with Gasteiger partial charge in [0.1, 0.15) is 11.5 Å². The Labute approximate surface area is 268 Å². The van der Waals surface area contributed by atoms with Gasteiger partial charge in [-0.2, -0.15) is 0 Å². The van der Waals surface area contributed by atoms with Crippen LogP contribution < -0.4 is 10.5 Å². The molecule has 2 aromatic carbocycles. The second-order valence-electron chi connectivity index (χ2n) is 12.0. The fraction of sp³-hybridized carbons (Fsp3) is 0.667. The monoisotopic (exact) mass is 602 g/mol. The predicted molar refractivity (Wildman–Crippen MR) is 192 cm³/mol. The van der Waals surface area contributed by atoms with Crippen LogP contribution in [0.4, 0.5) is 0 Å². The largest absolute Gasteiger partial charge is 0.508 e. The molecule has 4 atom stereocenters. The first-order valence-corrected chi connectivity index (χ1v) is 16.9. The summed E-state index contributed by atoms with van der Waals surface area (Å²) in [6, 6.07) is 6.25. The summed E-state index contributed by atoms with van der Waals surface area (Å²) in [5, 5.41) is 10.5. The molecule has 1 unspecified atom stereocenters. The van der Waals surface area contributed by atoms with Crippen molar-refractivity contribution in [2.45, 2.75) is 162 Å². The molecule has 0 fully saturated rings. The zero-order valence-corrected chi connectivity index (χ0v) is 31.6. The van der Waals surface area contributed by atoms with Gasteiger partial charge in [-0.25, -0.2) is 0 Å². The first-order valence-electron chi connectivity index (χ1n) is 16.9. The van der Waals surface area contributed by atoms with Crippen LogP contribution in [-0.4, -0.2) is 17.1 Å². The van der Waals surface area contributed by atoms with Crippen LogP contribution in [0.2, 0.25) is 0 Å². The highest BCUT2D eigenvalue weighted by molar-refractivity contribution is 5.71. The van der Waals surface area contributed by atoms with E-state index in [2.05, 4.69) is 88.3 Å². The van der Waals surface area contributed by atoms with E-state index in [0.29, 0.717) is 11.5 Å². The van der Waals surface area contributed by atoms with Crippen molar-refractivity contribution in [2.24, 2.45) is 17.6 Å². The van der Waals surface area contributed by atoms with E-state index in [4.69, 9.17) is 10.5 Å². The van der Waals surface area contributed by atoms with Gasteiger partial charge < -0.3 is 15.6 Å². The van der Waals surface area contributed by atoms with E-state index in [1.165, 1.54) is 24.5 Å². The number of aromatic hydroxyl groups is 1. The Kier molecular flexibility index (Phi) is 25.2. The lowest BCUT2D eigenvalue weighted by molar-refractivity contribution is -0.132. The molecule has 0 saturated carbocycles. The number of hydrogen-bond acceptors (Lipinski definition) is 4. The smallest absolute Gasteiger partial charge is 0.308 e. The number of rotatable bonds is 8. The number of benzene rings is 2. The highest BCUT2D eigenvalue weighted by Crippen LogP contribution is 2.43. The molecule has 0 bridgehead atoms. The quantitative estimate of drug-likeness (QED) is 0.233. The minimum Gasteiger partial charge on any atom is -0.508 e. The maximum Gasteiger partial charge on any atom is 0.308 e. The van der Waals surface area contributed by atoms with Crippen molar-refractivity contribution in [3.8, 4) is 11.5 Å². The molecule has 0 saturated heterocycles. The van der Waals surface area contributed by atoms with E-state index in [-0.39, 0.29) is 29.8 Å². The highest BCUT2D eigenvalue weighted by Gasteiger charge is 2.28. The minimum absolute atomic E-state index is 0.0931. The van der Waals surface area contributed by atoms with Crippen LogP contribution in [-0.2, 0) is 11.2 Å². The van der Waals surface area contributed by atoms with Gasteiger partial charge in [-0.3, -0.25) is 4.79 Å². The number of ether oxygens (including phenoxy) is 1. The molecule has 43 heavy (non-hydrogen) atoms. The van der Waals surface area contributed by atoms with Gasteiger partial charge in [-0.1, -0.05) is 109 Å². The third-order valence-corrected chi connectivity index (χ3v) is 7.40. The maximum atomic E-state index is 11.8. The number of carbonyl (C=O) groups is 1. The lowest BCUT2D eigenvalue weighted by Crippen LogP contribution is -2.23.